The van der Waals surface area contributed by atoms with Crippen LogP contribution in [0.2, 0.25) is 0 Å². The lowest BCUT2D eigenvalue weighted by atomic mass is 10.1. The molecule has 2 heterocycles. The van der Waals surface area contributed by atoms with Crippen LogP contribution in [-0.2, 0) is 13.1 Å². The largest absolute Gasteiger partial charge is 0.393 e. The van der Waals surface area contributed by atoms with Gasteiger partial charge in [-0.05, 0) is 19.8 Å². The van der Waals surface area contributed by atoms with Crippen LogP contribution in [-0.4, -0.2) is 44.0 Å². The maximum absolute atomic E-state index is 9.39. The van der Waals surface area contributed by atoms with Crippen LogP contribution in [0.5, 0.6) is 0 Å². The highest BCUT2D eigenvalue weighted by molar-refractivity contribution is 4.85. The Morgan fingerprint density at radius 1 is 1.47 bits per heavy atom. The molecule has 1 aromatic rings. The second-order valence-corrected chi connectivity index (χ2v) is 4.00. The number of rotatable bonds is 3. The van der Waals surface area contributed by atoms with E-state index in [4.69, 9.17) is 0 Å². The molecule has 0 unspecified atom stereocenters. The van der Waals surface area contributed by atoms with Crippen LogP contribution in [0.25, 0.3) is 0 Å². The molecule has 84 valence electrons. The Bertz CT molecular complexity index is 304. The van der Waals surface area contributed by atoms with E-state index in [1.54, 1.807) is 6.33 Å². The average Bonchev–Trinajstić information content (AvgIpc) is 2.69. The molecule has 1 saturated heterocycles. The summed E-state index contributed by atoms with van der Waals surface area (Å²) >= 11 is 0. The van der Waals surface area contributed by atoms with Gasteiger partial charge in [0.05, 0.1) is 12.6 Å². The van der Waals surface area contributed by atoms with Crippen molar-refractivity contribution >= 4 is 0 Å². The summed E-state index contributed by atoms with van der Waals surface area (Å²) in [6, 6.07) is 0. The topological polar surface area (TPSA) is 54.2 Å². The number of piperidine rings is 1. The maximum atomic E-state index is 9.39. The van der Waals surface area contributed by atoms with Gasteiger partial charge >= 0.3 is 0 Å². The minimum absolute atomic E-state index is 0.106. The fourth-order valence-corrected chi connectivity index (χ4v) is 1.95. The predicted molar refractivity (Wildman–Crippen MR) is 56.2 cm³/mol. The lowest BCUT2D eigenvalue weighted by Gasteiger charge is -2.28. The number of hydrogen-bond donors (Lipinski definition) is 1. The standard InChI is InChI=1S/C10H18N4O/c1-2-14-10(11-8-12-14)7-13-5-3-9(15)4-6-13/h8-9,15H,2-7H2,1H3. The van der Waals surface area contributed by atoms with Crippen LogP contribution in [0, 0.1) is 0 Å². The summed E-state index contributed by atoms with van der Waals surface area (Å²) in [6.45, 7) is 5.69. The first-order valence-corrected chi connectivity index (χ1v) is 5.56. The molecule has 0 aliphatic carbocycles. The molecule has 15 heavy (non-hydrogen) atoms. The second kappa shape index (κ2) is 4.72. The number of aliphatic hydroxyl groups excluding tert-OH is 1. The van der Waals surface area contributed by atoms with E-state index >= 15 is 0 Å². The van der Waals surface area contributed by atoms with E-state index in [9.17, 15) is 5.11 Å². The number of aromatic nitrogens is 3. The van der Waals surface area contributed by atoms with Gasteiger partial charge in [0.1, 0.15) is 12.2 Å². The zero-order valence-corrected chi connectivity index (χ0v) is 9.13. The fourth-order valence-electron chi connectivity index (χ4n) is 1.95. The monoisotopic (exact) mass is 210 g/mol. The van der Waals surface area contributed by atoms with Gasteiger partial charge in [-0.3, -0.25) is 4.90 Å². The summed E-state index contributed by atoms with van der Waals surface area (Å²) in [5, 5.41) is 13.5. The van der Waals surface area contributed by atoms with Gasteiger partial charge in [-0.15, -0.1) is 0 Å². The highest BCUT2D eigenvalue weighted by atomic mass is 16.3. The molecule has 5 nitrogen and oxygen atoms in total. The molecular formula is C10H18N4O. The highest BCUT2D eigenvalue weighted by Crippen LogP contribution is 2.12. The minimum atomic E-state index is -0.106. The summed E-state index contributed by atoms with van der Waals surface area (Å²) in [5.74, 6) is 1.02. The van der Waals surface area contributed by atoms with Gasteiger partial charge in [0.2, 0.25) is 0 Å². The van der Waals surface area contributed by atoms with E-state index in [1.165, 1.54) is 0 Å². The van der Waals surface area contributed by atoms with Crippen molar-refractivity contribution < 1.29 is 5.11 Å². The smallest absolute Gasteiger partial charge is 0.140 e. The Hall–Kier alpha value is -0.940. The molecule has 2 rings (SSSR count). The summed E-state index contributed by atoms with van der Waals surface area (Å²) in [5.41, 5.74) is 0. The summed E-state index contributed by atoms with van der Waals surface area (Å²) in [4.78, 5) is 6.57. The number of nitrogens with zero attached hydrogens (tertiary/aromatic N) is 4. The Kier molecular flexibility index (Phi) is 3.33. The van der Waals surface area contributed by atoms with Crippen molar-refractivity contribution in [3.63, 3.8) is 0 Å². The number of aryl methyl sites for hydroxylation is 1. The molecule has 0 spiro atoms. The van der Waals surface area contributed by atoms with E-state index in [2.05, 4.69) is 21.9 Å². The zero-order valence-electron chi connectivity index (χ0n) is 9.13. The number of likely N-dealkylation sites (tertiary alicyclic amines) is 1. The van der Waals surface area contributed by atoms with E-state index in [1.807, 2.05) is 4.68 Å². The van der Waals surface area contributed by atoms with Crippen molar-refractivity contribution in [2.75, 3.05) is 13.1 Å². The Labute approximate surface area is 89.7 Å². The molecule has 1 N–H and O–H groups in total. The van der Waals surface area contributed by atoms with Crippen molar-refractivity contribution in [1.29, 1.82) is 0 Å². The van der Waals surface area contributed by atoms with E-state index in [0.29, 0.717) is 0 Å². The van der Waals surface area contributed by atoms with Crippen molar-refractivity contribution in [1.82, 2.24) is 19.7 Å². The first kappa shape index (κ1) is 10.6. The van der Waals surface area contributed by atoms with Crippen LogP contribution >= 0.6 is 0 Å². The SMILES string of the molecule is CCn1ncnc1CN1CCC(O)CC1. The number of hydrogen-bond acceptors (Lipinski definition) is 4. The first-order chi connectivity index (χ1) is 7.29. The third kappa shape index (κ3) is 2.54. The molecule has 0 radical (unpaired) electrons. The molecular weight excluding hydrogens is 192 g/mol. The van der Waals surface area contributed by atoms with Crippen molar-refractivity contribution in [3.8, 4) is 0 Å². The fraction of sp³-hybridized carbons (Fsp3) is 0.800. The lowest BCUT2D eigenvalue weighted by molar-refractivity contribution is 0.0773. The number of aliphatic hydroxyl groups is 1. The van der Waals surface area contributed by atoms with Crippen LogP contribution in [0.4, 0.5) is 0 Å². The van der Waals surface area contributed by atoms with Gasteiger partial charge < -0.3 is 5.11 Å². The Morgan fingerprint density at radius 2 is 2.20 bits per heavy atom. The van der Waals surface area contributed by atoms with Gasteiger partial charge in [-0.25, -0.2) is 9.67 Å². The van der Waals surface area contributed by atoms with Gasteiger partial charge in [-0.2, -0.15) is 5.10 Å². The van der Waals surface area contributed by atoms with Gasteiger partial charge in [0.25, 0.3) is 0 Å². The Morgan fingerprint density at radius 3 is 2.87 bits per heavy atom. The normalized spacial score (nSPS) is 19.6. The third-order valence-corrected chi connectivity index (χ3v) is 2.92. The third-order valence-electron chi connectivity index (χ3n) is 2.92. The van der Waals surface area contributed by atoms with Crippen molar-refractivity contribution in [2.45, 2.75) is 39.0 Å². The molecule has 1 aromatic heterocycles. The molecule has 0 amide bonds. The molecule has 0 saturated carbocycles. The maximum Gasteiger partial charge on any atom is 0.140 e. The van der Waals surface area contributed by atoms with Crippen molar-refractivity contribution in [2.24, 2.45) is 0 Å². The van der Waals surface area contributed by atoms with Crippen LogP contribution < -0.4 is 0 Å². The quantitative estimate of drug-likeness (QED) is 0.777. The minimum Gasteiger partial charge on any atom is -0.393 e. The first-order valence-electron chi connectivity index (χ1n) is 5.56. The van der Waals surface area contributed by atoms with E-state index in [-0.39, 0.29) is 6.10 Å². The average molecular weight is 210 g/mol. The van der Waals surface area contributed by atoms with Crippen LogP contribution in [0.1, 0.15) is 25.6 Å². The summed E-state index contributed by atoms with van der Waals surface area (Å²) in [7, 11) is 0. The van der Waals surface area contributed by atoms with Gasteiger partial charge in [-0.1, -0.05) is 0 Å². The lowest BCUT2D eigenvalue weighted by Crippen LogP contribution is -2.36. The molecule has 1 fully saturated rings. The molecule has 0 bridgehead atoms. The van der Waals surface area contributed by atoms with Crippen LogP contribution in [0.3, 0.4) is 0 Å². The molecule has 0 aromatic carbocycles. The summed E-state index contributed by atoms with van der Waals surface area (Å²) in [6.07, 6.45) is 3.25. The highest BCUT2D eigenvalue weighted by Gasteiger charge is 2.18. The molecule has 5 heteroatoms. The van der Waals surface area contributed by atoms with Gasteiger partial charge in [0.15, 0.2) is 0 Å². The second-order valence-electron chi connectivity index (χ2n) is 4.00. The van der Waals surface area contributed by atoms with Crippen molar-refractivity contribution in [3.05, 3.63) is 12.2 Å². The van der Waals surface area contributed by atoms with E-state index in [0.717, 1.165) is 44.8 Å². The van der Waals surface area contributed by atoms with E-state index < -0.39 is 0 Å². The molecule has 0 atom stereocenters. The summed E-state index contributed by atoms with van der Waals surface area (Å²) < 4.78 is 1.92. The Balaban J connectivity index is 1.91. The zero-order chi connectivity index (χ0) is 10.7. The molecule has 1 aliphatic heterocycles. The van der Waals surface area contributed by atoms with Gasteiger partial charge in [0, 0.05) is 19.6 Å². The molecule has 1 aliphatic rings. The predicted octanol–water partition coefficient (Wildman–Crippen LogP) is 0.255. The van der Waals surface area contributed by atoms with Crippen LogP contribution in [0.15, 0.2) is 6.33 Å².